The lowest BCUT2D eigenvalue weighted by molar-refractivity contribution is 0.386. The predicted octanol–water partition coefficient (Wildman–Crippen LogP) is 5.91. The quantitative estimate of drug-likeness (QED) is 0.503. The number of hydrogen-bond acceptors (Lipinski definition) is 1. The summed E-state index contributed by atoms with van der Waals surface area (Å²) < 4.78 is 0. The van der Waals surface area contributed by atoms with Gasteiger partial charge in [0.05, 0.1) is 0 Å². The van der Waals surface area contributed by atoms with E-state index in [1.54, 1.807) is 5.57 Å². The summed E-state index contributed by atoms with van der Waals surface area (Å²) in [6.45, 7) is 15.0. The molecule has 0 aromatic carbocycles. The van der Waals surface area contributed by atoms with Gasteiger partial charge < -0.3 is 0 Å². The first-order valence-electron chi connectivity index (χ1n) is 8.69. The highest BCUT2D eigenvalue weighted by Gasteiger charge is 2.15. The Hall–Kier alpha value is -1.08. The third-order valence-electron chi connectivity index (χ3n) is 4.52. The van der Waals surface area contributed by atoms with Crippen LogP contribution in [0.2, 0.25) is 0 Å². The van der Waals surface area contributed by atoms with Gasteiger partial charge in [0.2, 0.25) is 0 Å². The maximum atomic E-state index is 4.10. The molecule has 1 rings (SSSR count). The molecule has 0 bridgehead atoms. The molecule has 0 N–H and O–H groups in total. The zero-order valence-electron chi connectivity index (χ0n) is 15.4. The van der Waals surface area contributed by atoms with E-state index in [0.717, 1.165) is 13.1 Å². The van der Waals surface area contributed by atoms with Gasteiger partial charge in [0.15, 0.2) is 0 Å². The summed E-state index contributed by atoms with van der Waals surface area (Å²) in [6, 6.07) is 0. The second-order valence-corrected chi connectivity index (χ2v) is 7.25. The molecule has 0 saturated carbocycles. The van der Waals surface area contributed by atoms with Crippen LogP contribution in [0.4, 0.5) is 0 Å². The molecule has 0 spiro atoms. The van der Waals surface area contributed by atoms with Gasteiger partial charge in [-0.2, -0.15) is 0 Å². The number of nitrogens with zero attached hydrogens (tertiary/aromatic N) is 1. The molecule has 22 heavy (non-hydrogen) atoms. The Morgan fingerprint density at radius 3 is 2.55 bits per heavy atom. The van der Waals surface area contributed by atoms with Crippen molar-refractivity contribution in [2.24, 2.45) is 5.92 Å². The minimum absolute atomic E-state index is 0.714. The van der Waals surface area contributed by atoms with Gasteiger partial charge in [0, 0.05) is 13.1 Å². The average Bonchev–Trinajstić information content (AvgIpc) is 2.45. The SMILES string of the molecule is C=C(C)C1CC=C(CN(C)C/C=C(\C)CCC=C(C)C)CC1. The molecule has 0 saturated heterocycles. The normalized spacial score (nSPS) is 19.1. The van der Waals surface area contributed by atoms with Gasteiger partial charge in [-0.15, -0.1) is 0 Å². The molecule has 1 aliphatic carbocycles. The first kappa shape index (κ1) is 19.0. The van der Waals surface area contributed by atoms with Gasteiger partial charge >= 0.3 is 0 Å². The van der Waals surface area contributed by atoms with Crippen molar-refractivity contribution in [2.75, 3.05) is 20.1 Å². The molecule has 0 aromatic rings. The summed E-state index contributed by atoms with van der Waals surface area (Å²) >= 11 is 0. The lowest BCUT2D eigenvalue weighted by Crippen LogP contribution is -2.23. The van der Waals surface area contributed by atoms with Crippen LogP contribution in [0.1, 0.15) is 59.8 Å². The Morgan fingerprint density at radius 1 is 1.27 bits per heavy atom. The second kappa shape index (κ2) is 9.84. The van der Waals surface area contributed by atoms with Crippen molar-refractivity contribution in [2.45, 2.75) is 59.8 Å². The molecule has 1 unspecified atom stereocenters. The van der Waals surface area contributed by atoms with Crippen molar-refractivity contribution in [3.8, 4) is 0 Å². The number of rotatable bonds is 8. The van der Waals surface area contributed by atoms with Gasteiger partial charge in [-0.05, 0) is 72.8 Å². The molecule has 0 heterocycles. The van der Waals surface area contributed by atoms with Crippen molar-refractivity contribution < 1.29 is 0 Å². The molecule has 0 fully saturated rings. The molecule has 1 atom stereocenters. The molecule has 1 nitrogen and oxygen atoms in total. The Kier molecular flexibility index (Phi) is 8.48. The van der Waals surface area contributed by atoms with Crippen LogP contribution in [0.3, 0.4) is 0 Å². The maximum absolute atomic E-state index is 4.10. The summed E-state index contributed by atoms with van der Waals surface area (Å²) in [7, 11) is 2.23. The monoisotopic (exact) mass is 301 g/mol. The fourth-order valence-corrected chi connectivity index (χ4v) is 2.89. The third-order valence-corrected chi connectivity index (χ3v) is 4.52. The van der Waals surface area contributed by atoms with E-state index in [1.165, 1.54) is 48.8 Å². The number of likely N-dealkylation sites (N-methyl/N-ethyl adjacent to an activating group) is 1. The fraction of sp³-hybridized carbons (Fsp3) is 0.619. The first-order chi connectivity index (χ1) is 10.4. The lowest BCUT2D eigenvalue weighted by atomic mass is 9.85. The average molecular weight is 302 g/mol. The van der Waals surface area contributed by atoms with E-state index in [4.69, 9.17) is 0 Å². The highest BCUT2D eigenvalue weighted by Crippen LogP contribution is 2.28. The summed E-state index contributed by atoms with van der Waals surface area (Å²) in [4.78, 5) is 2.43. The van der Waals surface area contributed by atoms with E-state index >= 15 is 0 Å². The molecule has 0 radical (unpaired) electrons. The fourth-order valence-electron chi connectivity index (χ4n) is 2.89. The predicted molar refractivity (Wildman–Crippen MR) is 100 cm³/mol. The van der Waals surface area contributed by atoms with Crippen LogP contribution >= 0.6 is 0 Å². The van der Waals surface area contributed by atoms with Crippen LogP contribution in [0.5, 0.6) is 0 Å². The number of hydrogen-bond donors (Lipinski definition) is 0. The van der Waals surface area contributed by atoms with Crippen LogP contribution < -0.4 is 0 Å². The van der Waals surface area contributed by atoms with Crippen LogP contribution in [0.25, 0.3) is 0 Å². The largest absolute Gasteiger partial charge is 0.299 e. The zero-order chi connectivity index (χ0) is 16.5. The zero-order valence-corrected chi connectivity index (χ0v) is 15.4. The molecular weight excluding hydrogens is 266 g/mol. The van der Waals surface area contributed by atoms with E-state index < -0.39 is 0 Å². The summed E-state index contributed by atoms with van der Waals surface area (Å²) in [5, 5.41) is 0. The molecule has 0 amide bonds. The van der Waals surface area contributed by atoms with Gasteiger partial charge in [0.1, 0.15) is 0 Å². The Bertz CT molecular complexity index is 447. The highest BCUT2D eigenvalue weighted by atomic mass is 15.1. The van der Waals surface area contributed by atoms with Gasteiger partial charge in [-0.3, -0.25) is 4.90 Å². The first-order valence-corrected chi connectivity index (χ1v) is 8.69. The maximum Gasteiger partial charge on any atom is 0.0193 e. The van der Waals surface area contributed by atoms with Gasteiger partial charge in [-0.1, -0.05) is 47.1 Å². The van der Waals surface area contributed by atoms with Crippen molar-refractivity contribution in [1.29, 1.82) is 0 Å². The molecule has 0 aromatic heterocycles. The van der Waals surface area contributed by atoms with Crippen LogP contribution in [0.15, 0.2) is 47.1 Å². The Morgan fingerprint density at radius 2 is 2.00 bits per heavy atom. The van der Waals surface area contributed by atoms with Crippen LogP contribution in [-0.2, 0) is 0 Å². The number of allylic oxidation sites excluding steroid dienone is 5. The molecule has 1 aliphatic rings. The molecule has 1 heteroatoms. The summed E-state index contributed by atoms with van der Waals surface area (Å²) in [6.07, 6.45) is 13.2. The van der Waals surface area contributed by atoms with Gasteiger partial charge in [-0.25, -0.2) is 0 Å². The summed E-state index contributed by atoms with van der Waals surface area (Å²) in [5.74, 6) is 0.714. The smallest absolute Gasteiger partial charge is 0.0193 e. The standard InChI is InChI=1S/C21H35N/c1-17(2)8-7-9-19(5)14-15-22(6)16-20-10-12-21(13-11-20)18(3)4/h8,10,14,21H,3,7,9,11-13,15-16H2,1-2,4-6H3/b19-14+. The lowest BCUT2D eigenvalue weighted by Gasteiger charge is -2.25. The van der Waals surface area contributed by atoms with E-state index in [2.05, 4.69) is 64.4 Å². The van der Waals surface area contributed by atoms with Crippen molar-refractivity contribution in [3.63, 3.8) is 0 Å². The molecular formula is C21H35N. The van der Waals surface area contributed by atoms with Crippen molar-refractivity contribution in [1.82, 2.24) is 4.90 Å². The van der Waals surface area contributed by atoms with Crippen LogP contribution in [-0.4, -0.2) is 25.0 Å². The van der Waals surface area contributed by atoms with E-state index in [1.807, 2.05) is 0 Å². The minimum atomic E-state index is 0.714. The van der Waals surface area contributed by atoms with Crippen LogP contribution in [0, 0.1) is 5.92 Å². The minimum Gasteiger partial charge on any atom is -0.299 e. The van der Waals surface area contributed by atoms with Crippen molar-refractivity contribution >= 4 is 0 Å². The second-order valence-electron chi connectivity index (χ2n) is 7.25. The third kappa shape index (κ3) is 7.79. The van der Waals surface area contributed by atoms with E-state index in [9.17, 15) is 0 Å². The highest BCUT2D eigenvalue weighted by molar-refractivity contribution is 5.13. The van der Waals surface area contributed by atoms with Gasteiger partial charge in [0.25, 0.3) is 0 Å². The van der Waals surface area contributed by atoms with E-state index in [0.29, 0.717) is 5.92 Å². The topological polar surface area (TPSA) is 3.24 Å². The Labute approximate surface area is 138 Å². The Balaban J connectivity index is 2.32. The molecule has 124 valence electrons. The molecule has 0 aliphatic heterocycles. The van der Waals surface area contributed by atoms with E-state index in [-0.39, 0.29) is 0 Å². The summed E-state index contributed by atoms with van der Waals surface area (Å²) in [5.41, 5.74) is 5.88. The van der Waals surface area contributed by atoms with Crippen molar-refractivity contribution in [3.05, 3.63) is 47.1 Å².